The lowest BCUT2D eigenvalue weighted by molar-refractivity contribution is 0.1000. The number of benzene rings is 1. The normalized spacial score (nSPS) is 10.0. The second kappa shape index (κ2) is 4.53. The zero-order chi connectivity index (χ0) is 11.4. The topological polar surface area (TPSA) is 68.9 Å². The maximum absolute atomic E-state index is 11.0. The van der Waals surface area contributed by atoms with Gasteiger partial charge in [0.2, 0.25) is 5.91 Å². The van der Waals surface area contributed by atoms with Crippen molar-refractivity contribution < 1.29 is 4.79 Å². The summed E-state index contributed by atoms with van der Waals surface area (Å²) in [6, 6.07) is 7.25. The number of hydrogen-bond acceptors (Lipinski definition) is 3. The van der Waals surface area contributed by atoms with Gasteiger partial charge in [0.15, 0.2) is 0 Å². The first kappa shape index (κ1) is 10.3. The fourth-order valence-corrected chi connectivity index (χ4v) is 1.49. The zero-order valence-corrected chi connectivity index (χ0v) is 8.63. The Morgan fingerprint density at radius 3 is 2.62 bits per heavy atom. The average Bonchev–Trinajstić information content (AvgIpc) is 2.30. The molecule has 0 atom stereocenters. The highest BCUT2D eigenvalue weighted by atomic mass is 16.1. The Morgan fingerprint density at radius 2 is 1.94 bits per heavy atom. The Hall–Kier alpha value is -2.23. The molecular formula is C12H11N3O. The molecule has 4 heteroatoms. The van der Waals surface area contributed by atoms with Crippen molar-refractivity contribution >= 4 is 5.91 Å². The molecule has 80 valence electrons. The number of aromatic nitrogens is 2. The van der Waals surface area contributed by atoms with Crippen LogP contribution in [0, 0.1) is 0 Å². The van der Waals surface area contributed by atoms with Gasteiger partial charge in [-0.1, -0.05) is 12.1 Å². The van der Waals surface area contributed by atoms with E-state index in [-0.39, 0.29) is 0 Å². The van der Waals surface area contributed by atoms with Gasteiger partial charge in [0.05, 0.1) is 0 Å². The molecule has 1 aromatic carbocycles. The lowest BCUT2D eigenvalue weighted by Gasteiger charge is -2.02. The predicted octanol–water partition coefficient (Wildman–Crippen LogP) is 1.17. The Labute approximate surface area is 93.2 Å². The molecule has 1 amide bonds. The van der Waals surface area contributed by atoms with Crippen LogP contribution in [0.4, 0.5) is 0 Å². The summed E-state index contributed by atoms with van der Waals surface area (Å²) in [5.74, 6) is -0.411. The molecule has 16 heavy (non-hydrogen) atoms. The summed E-state index contributed by atoms with van der Waals surface area (Å²) in [6.45, 7) is 0. The van der Waals surface area contributed by atoms with Crippen LogP contribution in [0.15, 0.2) is 43.0 Å². The molecule has 1 aromatic heterocycles. The monoisotopic (exact) mass is 213 g/mol. The Balaban J connectivity index is 2.22. The number of primary amides is 1. The summed E-state index contributed by atoms with van der Waals surface area (Å²) in [5, 5.41) is 0. The van der Waals surface area contributed by atoms with Gasteiger partial charge in [0.25, 0.3) is 0 Å². The smallest absolute Gasteiger partial charge is 0.248 e. The molecule has 0 spiro atoms. The third-order valence-corrected chi connectivity index (χ3v) is 2.23. The number of amides is 1. The van der Waals surface area contributed by atoms with Crippen molar-refractivity contribution in [2.45, 2.75) is 6.42 Å². The number of rotatable bonds is 3. The average molecular weight is 213 g/mol. The molecule has 0 aliphatic heterocycles. The van der Waals surface area contributed by atoms with Crippen LogP contribution in [0.2, 0.25) is 0 Å². The highest BCUT2D eigenvalue weighted by molar-refractivity contribution is 5.92. The third-order valence-electron chi connectivity index (χ3n) is 2.23. The van der Waals surface area contributed by atoms with E-state index in [4.69, 9.17) is 5.73 Å². The summed E-state index contributed by atoms with van der Waals surface area (Å²) < 4.78 is 0. The summed E-state index contributed by atoms with van der Waals surface area (Å²) in [4.78, 5) is 18.9. The van der Waals surface area contributed by atoms with Gasteiger partial charge >= 0.3 is 0 Å². The second-order valence-corrected chi connectivity index (χ2v) is 3.49. The minimum absolute atomic E-state index is 0.411. The van der Waals surface area contributed by atoms with Crippen LogP contribution >= 0.6 is 0 Å². The largest absolute Gasteiger partial charge is 0.366 e. The van der Waals surface area contributed by atoms with Gasteiger partial charge in [-0.25, -0.2) is 9.97 Å². The van der Waals surface area contributed by atoms with Gasteiger partial charge < -0.3 is 5.73 Å². The van der Waals surface area contributed by atoms with E-state index < -0.39 is 5.91 Å². The van der Waals surface area contributed by atoms with Crippen molar-refractivity contribution in [2.75, 3.05) is 0 Å². The van der Waals surface area contributed by atoms with E-state index in [1.165, 1.54) is 6.33 Å². The Morgan fingerprint density at radius 1 is 1.19 bits per heavy atom. The molecule has 0 unspecified atom stereocenters. The molecule has 0 fully saturated rings. The van der Waals surface area contributed by atoms with Crippen LogP contribution in [0.1, 0.15) is 21.5 Å². The van der Waals surface area contributed by atoms with Gasteiger partial charge in [-0.05, 0) is 23.3 Å². The van der Waals surface area contributed by atoms with Crippen molar-refractivity contribution in [3.05, 3.63) is 59.7 Å². The van der Waals surface area contributed by atoms with E-state index in [0.717, 1.165) is 11.1 Å². The highest BCUT2D eigenvalue weighted by Gasteiger charge is 2.02. The van der Waals surface area contributed by atoms with E-state index in [0.29, 0.717) is 12.0 Å². The molecule has 2 rings (SSSR count). The fraction of sp³-hybridized carbons (Fsp3) is 0.0833. The maximum Gasteiger partial charge on any atom is 0.248 e. The van der Waals surface area contributed by atoms with E-state index in [9.17, 15) is 4.79 Å². The van der Waals surface area contributed by atoms with Crippen LogP contribution in [0.25, 0.3) is 0 Å². The third kappa shape index (κ3) is 2.42. The summed E-state index contributed by atoms with van der Waals surface area (Å²) >= 11 is 0. The number of carbonyl (C=O) groups is 1. The summed E-state index contributed by atoms with van der Waals surface area (Å²) in [5.41, 5.74) is 7.76. The Bertz CT molecular complexity index is 497. The minimum atomic E-state index is -0.411. The standard InChI is InChI=1S/C12H11N3O/c13-12(16)11-3-1-2-9(5-11)4-10-6-14-8-15-7-10/h1-3,5-8H,4H2,(H2,13,16). The molecule has 1 heterocycles. The molecule has 0 bridgehead atoms. The van der Waals surface area contributed by atoms with Crippen molar-refractivity contribution in [3.63, 3.8) is 0 Å². The van der Waals surface area contributed by atoms with Gasteiger partial charge in [-0.2, -0.15) is 0 Å². The molecule has 0 aliphatic rings. The van der Waals surface area contributed by atoms with Gasteiger partial charge in [-0.3, -0.25) is 4.79 Å². The molecular weight excluding hydrogens is 202 g/mol. The quantitative estimate of drug-likeness (QED) is 0.832. The number of nitrogens with two attached hydrogens (primary N) is 1. The number of nitrogens with zero attached hydrogens (tertiary/aromatic N) is 2. The lowest BCUT2D eigenvalue weighted by Crippen LogP contribution is -2.11. The van der Waals surface area contributed by atoms with E-state index >= 15 is 0 Å². The van der Waals surface area contributed by atoms with E-state index in [1.807, 2.05) is 12.1 Å². The second-order valence-electron chi connectivity index (χ2n) is 3.49. The molecule has 0 saturated carbocycles. The van der Waals surface area contributed by atoms with Crippen LogP contribution in [0.3, 0.4) is 0 Å². The lowest BCUT2D eigenvalue weighted by atomic mass is 10.0. The minimum Gasteiger partial charge on any atom is -0.366 e. The molecule has 0 radical (unpaired) electrons. The summed E-state index contributed by atoms with van der Waals surface area (Å²) in [7, 11) is 0. The van der Waals surface area contributed by atoms with Crippen LogP contribution < -0.4 is 5.73 Å². The van der Waals surface area contributed by atoms with Crippen LogP contribution in [-0.4, -0.2) is 15.9 Å². The summed E-state index contributed by atoms with van der Waals surface area (Å²) in [6.07, 6.45) is 5.69. The SMILES string of the molecule is NC(=O)c1cccc(Cc2cncnc2)c1. The molecule has 2 aromatic rings. The van der Waals surface area contributed by atoms with Crippen molar-refractivity contribution in [1.29, 1.82) is 0 Å². The van der Waals surface area contributed by atoms with E-state index in [2.05, 4.69) is 9.97 Å². The van der Waals surface area contributed by atoms with Gasteiger partial charge in [-0.15, -0.1) is 0 Å². The number of carbonyl (C=O) groups excluding carboxylic acids is 1. The first-order valence-corrected chi connectivity index (χ1v) is 4.88. The number of hydrogen-bond donors (Lipinski definition) is 1. The molecule has 0 aliphatic carbocycles. The first-order chi connectivity index (χ1) is 7.75. The van der Waals surface area contributed by atoms with Crippen molar-refractivity contribution in [3.8, 4) is 0 Å². The van der Waals surface area contributed by atoms with Crippen LogP contribution in [0.5, 0.6) is 0 Å². The molecule has 0 saturated heterocycles. The van der Waals surface area contributed by atoms with Crippen molar-refractivity contribution in [1.82, 2.24) is 9.97 Å². The predicted molar refractivity (Wildman–Crippen MR) is 59.8 cm³/mol. The first-order valence-electron chi connectivity index (χ1n) is 4.88. The zero-order valence-electron chi connectivity index (χ0n) is 8.63. The fourth-order valence-electron chi connectivity index (χ4n) is 1.49. The van der Waals surface area contributed by atoms with Crippen molar-refractivity contribution in [2.24, 2.45) is 5.73 Å². The highest BCUT2D eigenvalue weighted by Crippen LogP contribution is 2.09. The van der Waals surface area contributed by atoms with Gasteiger partial charge in [0.1, 0.15) is 6.33 Å². The van der Waals surface area contributed by atoms with Gasteiger partial charge in [0, 0.05) is 24.4 Å². The molecule has 2 N–H and O–H groups in total. The molecule has 4 nitrogen and oxygen atoms in total. The Kier molecular flexibility index (Phi) is 2.91. The van der Waals surface area contributed by atoms with E-state index in [1.54, 1.807) is 24.5 Å². The van der Waals surface area contributed by atoms with Crippen LogP contribution in [-0.2, 0) is 6.42 Å². The maximum atomic E-state index is 11.0.